The number of imidazole rings is 1. The van der Waals surface area contributed by atoms with Gasteiger partial charge < -0.3 is 15.0 Å². The largest absolute Gasteiger partial charge is 0.490 e. The highest BCUT2D eigenvalue weighted by molar-refractivity contribution is 5.94. The number of fused-ring (bicyclic) bond motifs is 1. The summed E-state index contributed by atoms with van der Waals surface area (Å²) >= 11 is 0. The Morgan fingerprint density at radius 3 is 2.38 bits per heavy atom. The van der Waals surface area contributed by atoms with E-state index in [0.717, 1.165) is 66.2 Å². The van der Waals surface area contributed by atoms with Gasteiger partial charge >= 0.3 is 6.18 Å². The number of hydrogen-bond donors (Lipinski definition) is 1. The van der Waals surface area contributed by atoms with E-state index in [1.54, 1.807) is 0 Å². The molecule has 1 fully saturated rings. The second kappa shape index (κ2) is 11.0. The second-order valence-electron chi connectivity index (χ2n) is 9.87. The smallest absolute Gasteiger partial charge is 0.416 e. The van der Waals surface area contributed by atoms with Crippen LogP contribution in [0.2, 0.25) is 0 Å². The van der Waals surface area contributed by atoms with Crippen LogP contribution < -0.4 is 15.0 Å². The van der Waals surface area contributed by atoms with Crippen LogP contribution in [0.15, 0.2) is 66.9 Å². The van der Waals surface area contributed by atoms with Gasteiger partial charge in [-0.1, -0.05) is 19.1 Å². The van der Waals surface area contributed by atoms with E-state index in [-0.39, 0.29) is 12.0 Å². The molecule has 6 nitrogen and oxygen atoms in total. The van der Waals surface area contributed by atoms with Crippen molar-refractivity contribution in [2.75, 3.05) is 18.0 Å². The van der Waals surface area contributed by atoms with Gasteiger partial charge in [0.25, 0.3) is 5.91 Å². The number of alkyl halides is 3. The molecule has 0 unspecified atom stereocenters. The van der Waals surface area contributed by atoms with Crippen LogP contribution >= 0.6 is 0 Å². The van der Waals surface area contributed by atoms with Crippen LogP contribution in [0.1, 0.15) is 52.6 Å². The summed E-state index contributed by atoms with van der Waals surface area (Å²) in [6, 6.07) is 16.9. The number of nitrogens with zero attached hydrogens (tertiary/aromatic N) is 3. The summed E-state index contributed by atoms with van der Waals surface area (Å²) in [5.41, 5.74) is 4.63. The first-order valence-electron chi connectivity index (χ1n) is 13.1. The van der Waals surface area contributed by atoms with Gasteiger partial charge in [-0.05, 0) is 73.0 Å². The van der Waals surface area contributed by atoms with Crippen molar-refractivity contribution in [3.05, 3.63) is 94.9 Å². The summed E-state index contributed by atoms with van der Waals surface area (Å²) in [5, 5.41) is 3.03. The molecule has 9 heteroatoms. The monoisotopic (exact) mass is 536 g/mol. The molecule has 0 atom stereocenters. The second-order valence-corrected chi connectivity index (χ2v) is 9.87. The van der Waals surface area contributed by atoms with E-state index in [0.29, 0.717) is 24.4 Å². The predicted molar refractivity (Wildman–Crippen MR) is 144 cm³/mol. The van der Waals surface area contributed by atoms with Gasteiger partial charge in [0, 0.05) is 44.4 Å². The number of nitrogens with one attached hydrogen (secondary N) is 1. The third-order valence-electron chi connectivity index (χ3n) is 7.08. The molecule has 39 heavy (non-hydrogen) atoms. The number of pyridine rings is 1. The number of carbonyl (C=O) groups excluding carboxylic acids is 1. The average Bonchev–Trinajstić information content (AvgIpc) is 3.30. The molecule has 1 N–H and O–H groups in total. The molecule has 0 spiro atoms. The number of aromatic nitrogens is 2. The van der Waals surface area contributed by atoms with Crippen molar-refractivity contribution in [3.63, 3.8) is 0 Å². The molecule has 0 saturated carbocycles. The molecular weight excluding hydrogens is 505 g/mol. The number of piperidine rings is 1. The van der Waals surface area contributed by atoms with E-state index in [1.165, 1.54) is 12.1 Å². The SMILES string of the molecule is CCc1nc2cc(C)ccn2c1C(=O)NCc1ccc(N2CCC(Oc3ccc(C(F)(F)F)cc3)CC2)cc1. The lowest BCUT2D eigenvalue weighted by Gasteiger charge is -2.33. The molecule has 1 amide bonds. The fourth-order valence-electron chi connectivity index (χ4n) is 4.92. The fraction of sp³-hybridized carbons (Fsp3) is 0.333. The Bertz CT molecular complexity index is 1440. The maximum absolute atomic E-state index is 13.1. The van der Waals surface area contributed by atoms with Crippen LogP contribution in [-0.2, 0) is 19.1 Å². The Hall–Kier alpha value is -4.01. The van der Waals surface area contributed by atoms with E-state index < -0.39 is 11.7 Å². The lowest BCUT2D eigenvalue weighted by atomic mass is 10.1. The van der Waals surface area contributed by atoms with Crippen molar-refractivity contribution in [1.29, 1.82) is 0 Å². The third-order valence-corrected chi connectivity index (χ3v) is 7.08. The summed E-state index contributed by atoms with van der Waals surface area (Å²) < 4.78 is 46.1. The van der Waals surface area contributed by atoms with E-state index in [4.69, 9.17) is 4.74 Å². The van der Waals surface area contributed by atoms with Crippen LogP contribution in [0.4, 0.5) is 18.9 Å². The van der Waals surface area contributed by atoms with Crippen molar-refractivity contribution < 1.29 is 22.7 Å². The summed E-state index contributed by atoms with van der Waals surface area (Å²) in [6.07, 6.45) is -0.279. The minimum absolute atomic E-state index is 0.0379. The van der Waals surface area contributed by atoms with Crippen molar-refractivity contribution >= 4 is 17.2 Å². The molecule has 0 radical (unpaired) electrons. The van der Waals surface area contributed by atoms with Gasteiger partial charge in [0.1, 0.15) is 23.2 Å². The number of amides is 1. The first-order chi connectivity index (χ1) is 18.7. The molecule has 5 rings (SSSR count). The van der Waals surface area contributed by atoms with Gasteiger partial charge in [0.05, 0.1) is 11.3 Å². The molecular formula is C30H31F3N4O2. The summed E-state index contributed by atoms with van der Waals surface area (Å²) in [5.74, 6) is 0.306. The van der Waals surface area contributed by atoms with Crippen LogP contribution in [0.25, 0.3) is 5.65 Å². The summed E-state index contributed by atoms with van der Waals surface area (Å²) in [4.78, 5) is 19.9. The topological polar surface area (TPSA) is 58.9 Å². The van der Waals surface area contributed by atoms with Crippen LogP contribution in [0, 0.1) is 6.92 Å². The zero-order chi connectivity index (χ0) is 27.6. The maximum atomic E-state index is 13.1. The first kappa shape index (κ1) is 26.6. The minimum Gasteiger partial charge on any atom is -0.490 e. The van der Waals surface area contributed by atoms with Crippen molar-refractivity contribution in [2.24, 2.45) is 0 Å². The van der Waals surface area contributed by atoms with Crippen LogP contribution in [0.5, 0.6) is 5.75 Å². The number of halogens is 3. The lowest BCUT2D eigenvalue weighted by molar-refractivity contribution is -0.137. The summed E-state index contributed by atoms with van der Waals surface area (Å²) in [6.45, 7) is 5.98. The molecule has 1 aliphatic rings. The van der Waals surface area contributed by atoms with E-state index in [1.807, 2.05) is 60.8 Å². The third kappa shape index (κ3) is 6.02. The highest BCUT2D eigenvalue weighted by atomic mass is 19.4. The van der Waals surface area contributed by atoms with Gasteiger partial charge in [-0.15, -0.1) is 0 Å². The molecule has 2 aromatic carbocycles. The molecule has 1 aliphatic heterocycles. The zero-order valence-electron chi connectivity index (χ0n) is 22.0. The van der Waals surface area contributed by atoms with Gasteiger partial charge in [0.15, 0.2) is 0 Å². The number of hydrogen-bond acceptors (Lipinski definition) is 4. The Labute approximate surface area is 225 Å². The first-order valence-corrected chi connectivity index (χ1v) is 13.1. The molecule has 3 heterocycles. The van der Waals surface area contributed by atoms with Gasteiger partial charge in [0.2, 0.25) is 0 Å². The highest BCUT2D eigenvalue weighted by Gasteiger charge is 2.30. The van der Waals surface area contributed by atoms with E-state index in [2.05, 4.69) is 15.2 Å². The van der Waals surface area contributed by atoms with E-state index in [9.17, 15) is 18.0 Å². The molecule has 0 aliphatic carbocycles. The number of anilines is 1. The number of aryl methyl sites for hydroxylation is 2. The van der Waals surface area contributed by atoms with Gasteiger partial charge in [-0.25, -0.2) is 4.98 Å². The maximum Gasteiger partial charge on any atom is 0.416 e. The molecule has 204 valence electrons. The predicted octanol–water partition coefficient (Wildman–Crippen LogP) is 6.20. The van der Waals surface area contributed by atoms with Crippen molar-refractivity contribution in [1.82, 2.24) is 14.7 Å². The molecule has 4 aromatic rings. The number of benzene rings is 2. The Morgan fingerprint density at radius 1 is 1.05 bits per heavy atom. The zero-order valence-corrected chi connectivity index (χ0v) is 22.0. The molecule has 2 aromatic heterocycles. The van der Waals surface area contributed by atoms with Crippen molar-refractivity contribution in [3.8, 4) is 5.75 Å². The Kier molecular flexibility index (Phi) is 7.50. The lowest BCUT2D eigenvalue weighted by Crippen LogP contribution is -2.38. The Balaban J connectivity index is 1.14. The average molecular weight is 537 g/mol. The van der Waals surface area contributed by atoms with Crippen molar-refractivity contribution in [2.45, 2.75) is 51.9 Å². The minimum atomic E-state index is -4.35. The Morgan fingerprint density at radius 2 is 1.74 bits per heavy atom. The number of carbonyl (C=O) groups is 1. The highest BCUT2D eigenvalue weighted by Crippen LogP contribution is 2.31. The normalized spacial score (nSPS) is 14.5. The summed E-state index contributed by atoms with van der Waals surface area (Å²) in [7, 11) is 0. The number of ether oxygens (including phenoxy) is 1. The molecule has 1 saturated heterocycles. The number of rotatable bonds is 7. The van der Waals surface area contributed by atoms with Crippen LogP contribution in [-0.4, -0.2) is 34.5 Å². The quantitative estimate of drug-likeness (QED) is 0.306. The van der Waals surface area contributed by atoms with E-state index >= 15 is 0 Å². The van der Waals surface area contributed by atoms with Gasteiger partial charge in [-0.2, -0.15) is 13.2 Å². The molecule has 0 bridgehead atoms. The van der Waals surface area contributed by atoms with Gasteiger partial charge in [-0.3, -0.25) is 9.20 Å². The standard InChI is InChI=1S/C30H31F3N4O2/c1-3-26-28(37-17-12-20(2)18-27(37)35-26)29(38)34-19-21-4-8-23(9-5-21)36-15-13-25(14-16-36)39-24-10-6-22(7-11-24)30(31,32)33/h4-12,17-18,25H,3,13-16,19H2,1-2H3,(H,34,38). The van der Waals surface area contributed by atoms with Crippen LogP contribution in [0.3, 0.4) is 0 Å². The fourth-order valence-corrected chi connectivity index (χ4v) is 4.92.